The Bertz CT molecular complexity index is 1400. The highest BCUT2D eigenvalue weighted by atomic mass is 79.9. The van der Waals surface area contributed by atoms with E-state index < -0.39 is 11.8 Å². The maximum atomic E-state index is 13.0. The molecule has 6 nitrogen and oxygen atoms in total. The number of thioether (sulfide) groups is 1. The number of methoxy groups -OCH3 is 1. The van der Waals surface area contributed by atoms with Crippen LogP contribution in [-0.4, -0.2) is 28.3 Å². The number of rotatable bonds is 7. The van der Waals surface area contributed by atoms with Gasteiger partial charge in [-0.05, 0) is 76.5 Å². The van der Waals surface area contributed by atoms with Gasteiger partial charge in [-0.2, -0.15) is 5.01 Å². The van der Waals surface area contributed by atoms with Crippen LogP contribution < -0.4 is 14.9 Å². The molecule has 36 heavy (non-hydrogen) atoms. The molecule has 1 heterocycles. The lowest BCUT2D eigenvalue weighted by Gasteiger charge is -2.16. The van der Waals surface area contributed by atoms with E-state index in [1.54, 1.807) is 43.5 Å². The Kier molecular flexibility index (Phi) is 8.35. The third kappa shape index (κ3) is 5.92. The van der Waals surface area contributed by atoms with Gasteiger partial charge < -0.3 is 9.47 Å². The van der Waals surface area contributed by atoms with Gasteiger partial charge in [0.25, 0.3) is 11.8 Å². The zero-order valence-corrected chi connectivity index (χ0v) is 23.2. The van der Waals surface area contributed by atoms with Gasteiger partial charge in [-0.25, -0.2) is 0 Å². The van der Waals surface area contributed by atoms with Crippen LogP contribution in [0.1, 0.15) is 27.0 Å². The predicted octanol–water partition coefficient (Wildman–Crippen LogP) is 6.54. The van der Waals surface area contributed by atoms with Crippen molar-refractivity contribution in [1.29, 1.82) is 0 Å². The lowest BCUT2D eigenvalue weighted by Crippen LogP contribution is -2.44. The van der Waals surface area contributed by atoms with E-state index in [0.717, 1.165) is 27.9 Å². The van der Waals surface area contributed by atoms with E-state index >= 15 is 0 Å². The molecular weight excluding hydrogens is 584 g/mol. The van der Waals surface area contributed by atoms with Crippen LogP contribution in [0.2, 0.25) is 5.02 Å². The molecule has 0 atom stereocenters. The molecule has 3 aromatic rings. The van der Waals surface area contributed by atoms with Crippen molar-refractivity contribution >= 4 is 73.7 Å². The Labute approximate surface area is 231 Å². The van der Waals surface area contributed by atoms with E-state index in [1.807, 2.05) is 31.2 Å². The lowest BCUT2D eigenvalue weighted by atomic mass is 10.1. The number of hydrazine groups is 1. The maximum Gasteiger partial charge on any atom is 0.285 e. The third-order valence-corrected chi connectivity index (χ3v) is 7.36. The van der Waals surface area contributed by atoms with Gasteiger partial charge in [0.1, 0.15) is 6.61 Å². The fourth-order valence-corrected chi connectivity index (χ4v) is 5.42. The normalized spacial score (nSPS) is 14.3. The van der Waals surface area contributed by atoms with Crippen molar-refractivity contribution in [3.63, 3.8) is 0 Å². The number of hydrogen-bond acceptors (Lipinski definition) is 6. The summed E-state index contributed by atoms with van der Waals surface area (Å²) in [6, 6.07) is 18.2. The molecule has 0 bridgehead atoms. The number of carbonyl (C=O) groups is 2. The average Bonchev–Trinajstić information content (AvgIpc) is 3.10. The summed E-state index contributed by atoms with van der Waals surface area (Å²) in [6.45, 7) is 2.40. The molecule has 2 amide bonds. The zero-order chi connectivity index (χ0) is 25.8. The van der Waals surface area contributed by atoms with E-state index in [2.05, 4.69) is 27.4 Å². The van der Waals surface area contributed by atoms with E-state index in [9.17, 15) is 9.59 Å². The van der Waals surface area contributed by atoms with Gasteiger partial charge in [-0.1, -0.05) is 65.3 Å². The van der Waals surface area contributed by atoms with Crippen molar-refractivity contribution in [3.05, 3.63) is 97.3 Å². The van der Waals surface area contributed by atoms with Gasteiger partial charge in [0, 0.05) is 0 Å². The Hall–Kier alpha value is -2.85. The highest BCUT2D eigenvalue weighted by Crippen LogP contribution is 2.39. The molecule has 0 aliphatic carbocycles. The Balaban J connectivity index is 1.52. The summed E-state index contributed by atoms with van der Waals surface area (Å²) >= 11 is 16.0. The van der Waals surface area contributed by atoms with Crippen molar-refractivity contribution in [3.8, 4) is 11.5 Å². The standard InChI is InChI=1S/C26H20BrClN2O4S2/c1-15-6-5-7-16(10-15)14-34-23-19(27)11-17(12-21(23)33-2)13-22-25(32)30(26(35)36-22)29-24(31)18-8-3-4-9-20(18)28/h3-13H,14H2,1-2H3,(H,29,31)/b22-13+. The molecule has 4 rings (SSSR count). The molecule has 184 valence electrons. The van der Waals surface area contributed by atoms with Crippen LogP contribution in [0.3, 0.4) is 0 Å². The van der Waals surface area contributed by atoms with E-state index in [0.29, 0.717) is 33.0 Å². The molecule has 1 fully saturated rings. The third-order valence-electron chi connectivity index (χ3n) is 5.14. The highest BCUT2D eigenvalue weighted by Gasteiger charge is 2.34. The number of aryl methyl sites for hydroxylation is 1. The first kappa shape index (κ1) is 26.2. The van der Waals surface area contributed by atoms with E-state index in [1.165, 1.54) is 0 Å². The smallest absolute Gasteiger partial charge is 0.285 e. The van der Waals surface area contributed by atoms with Crippen LogP contribution >= 0.6 is 51.5 Å². The van der Waals surface area contributed by atoms with Crippen molar-refractivity contribution < 1.29 is 19.1 Å². The second-order valence-electron chi connectivity index (χ2n) is 7.75. The summed E-state index contributed by atoms with van der Waals surface area (Å²) < 4.78 is 12.4. The highest BCUT2D eigenvalue weighted by molar-refractivity contribution is 9.10. The molecule has 1 aliphatic heterocycles. The quantitative estimate of drug-likeness (QED) is 0.244. The number of amides is 2. The largest absolute Gasteiger partial charge is 0.493 e. The van der Waals surface area contributed by atoms with Crippen LogP contribution in [0.15, 0.2) is 70.0 Å². The first-order valence-corrected chi connectivity index (χ1v) is 13.1. The average molecular weight is 604 g/mol. The Morgan fingerprint density at radius 1 is 1.19 bits per heavy atom. The van der Waals surface area contributed by atoms with Crippen LogP contribution in [0.5, 0.6) is 11.5 Å². The zero-order valence-electron chi connectivity index (χ0n) is 19.2. The number of thiocarbonyl (C=S) groups is 1. The predicted molar refractivity (Wildman–Crippen MR) is 150 cm³/mol. The van der Waals surface area contributed by atoms with E-state index in [4.69, 9.17) is 33.3 Å². The maximum absolute atomic E-state index is 13.0. The topological polar surface area (TPSA) is 67.9 Å². The molecule has 1 N–H and O–H groups in total. The van der Waals surface area contributed by atoms with Crippen molar-refractivity contribution in [1.82, 2.24) is 10.4 Å². The number of benzene rings is 3. The molecule has 0 radical (unpaired) electrons. The SMILES string of the molecule is COc1cc(/C=C2/SC(=S)N(NC(=O)c3ccccc3Cl)C2=O)cc(Br)c1OCc1cccc(C)c1. The Morgan fingerprint density at radius 3 is 2.69 bits per heavy atom. The molecule has 0 spiro atoms. The summed E-state index contributed by atoms with van der Waals surface area (Å²) in [5, 5.41) is 1.32. The number of nitrogens with zero attached hydrogens (tertiary/aromatic N) is 1. The first-order valence-electron chi connectivity index (χ1n) is 10.7. The van der Waals surface area contributed by atoms with E-state index in [-0.39, 0.29) is 14.9 Å². The van der Waals surface area contributed by atoms with Crippen molar-refractivity contribution in [2.75, 3.05) is 7.11 Å². The molecule has 0 saturated carbocycles. The summed E-state index contributed by atoms with van der Waals surface area (Å²) in [4.78, 5) is 26.0. The van der Waals surface area contributed by atoms with Crippen LogP contribution in [-0.2, 0) is 11.4 Å². The number of hydrogen-bond donors (Lipinski definition) is 1. The second kappa shape index (κ2) is 11.5. The summed E-state index contributed by atoms with van der Waals surface area (Å²) in [5.41, 5.74) is 5.66. The second-order valence-corrected chi connectivity index (χ2v) is 10.7. The van der Waals surface area contributed by atoms with Crippen LogP contribution in [0.4, 0.5) is 0 Å². The minimum atomic E-state index is -0.530. The number of carbonyl (C=O) groups excluding carboxylic acids is 2. The molecule has 0 unspecified atom stereocenters. The van der Waals surface area contributed by atoms with Gasteiger partial charge in [0.15, 0.2) is 15.8 Å². The fraction of sp³-hybridized carbons (Fsp3) is 0.115. The fourth-order valence-electron chi connectivity index (χ4n) is 3.44. The molecular formula is C26H20BrClN2O4S2. The summed E-state index contributed by atoms with van der Waals surface area (Å²) in [6.07, 6.45) is 1.68. The number of nitrogens with one attached hydrogen (secondary N) is 1. The van der Waals surface area contributed by atoms with Gasteiger partial charge in [-0.15, -0.1) is 0 Å². The summed E-state index contributed by atoms with van der Waals surface area (Å²) in [5.74, 6) is 0.0828. The molecule has 1 saturated heterocycles. The molecule has 3 aromatic carbocycles. The van der Waals surface area contributed by atoms with Crippen LogP contribution in [0, 0.1) is 6.92 Å². The first-order chi connectivity index (χ1) is 17.3. The van der Waals surface area contributed by atoms with Crippen molar-refractivity contribution in [2.45, 2.75) is 13.5 Å². The minimum Gasteiger partial charge on any atom is -0.493 e. The Morgan fingerprint density at radius 2 is 1.97 bits per heavy atom. The minimum absolute atomic E-state index is 0.204. The molecule has 10 heteroatoms. The number of halogens is 2. The van der Waals surface area contributed by atoms with Crippen LogP contribution in [0.25, 0.3) is 6.08 Å². The van der Waals surface area contributed by atoms with Crippen molar-refractivity contribution in [2.24, 2.45) is 0 Å². The summed E-state index contributed by atoms with van der Waals surface area (Å²) in [7, 11) is 1.55. The van der Waals surface area contributed by atoms with Gasteiger partial charge in [0.05, 0.1) is 27.1 Å². The molecule has 1 aliphatic rings. The lowest BCUT2D eigenvalue weighted by molar-refractivity contribution is -0.123. The monoisotopic (exact) mass is 602 g/mol. The van der Waals surface area contributed by atoms with Gasteiger partial charge >= 0.3 is 0 Å². The molecule has 0 aromatic heterocycles. The number of ether oxygens (including phenoxy) is 2. The van der Waals surface area contributed by atoms with Gasteiger partial charge in [-0.3, -0.25) is 15.0 Å². The van der Waals surface area contributed by atoms with Gasteiger partial charge in [0.2, 0.25) is 0 Å².